The molecule has 2 aromatic heterocycles. The van der Waals surface area contributed by atoms with Crippen molar-refractivity contribution >= 4 is 50.9 Å². The van der Waals surface area contributed by atoms with Crippen molar-refractivity contribution in [2.75, 3.05) is 6.61 Å². The average molecular weight is 379 g/mol. The Kier molecular flexibility index (Phi) is 5.38. The van der Waals surface area contributed by atoms with Gasteiger partial charge in [0, 0.05) is 11.1 Å². The first-order valence-electron chi connectivity index (χ1n) is 7.38. The molecular formula is C17H15ClN2O2S2. The van der Waals surface area contributed by atoms with Gasteiger partial charge in [-0.05, 0) is 19.4 Å². The average Bonchev–Trinajstić information content (AvgIpc) is 2.99. The SMILES string of the molecule is CCOC(=O)c1csc2nc(SCc3ccc(C)cc3)nc(Cl)c12. The highest BCUT2D eigenvalue weighted by atomic mass is 35.5. The van der Waals surface area contributed by atoms with Gasteiger partial charge in [-0.1, -0.05) is 53.2 Å². The van der Waals surface area contributed by atoms with E-state index in [0.717, 1.165) is 5.75 Å². The molecule has 124 valence electrons. The Labute approximate surface area is 153 Å². The number of carbonyl (C=O) groups excluding carboxylic acids is 1. The molecule has 0 aliphatic rings. The summed E-state index contributed by atoms with van der Waals surface area (Å²) >= 11 is 9.18. The third-order valence-corrected chi connectivity index (χ3v) is 5.42. The number of benzene rings is 1. The Bertz CT molecular complexity index is 878. The maximum absolute atomic E-state index is 12.0. The molecule has 0 atom stereocenters. The smallest absolute Gasteiger partial charge is 0.339 e. The lowest BCUT2D eigenvalue weighted by Gasteiger charge is -2.04. The fourth-order valence-corrected chi connectivity index (χ4v) is 4.28. The molecule has 0 aliphatic carbocycles. The molecule has 0 unspecified atom stereocenters. The van der Waals surface area contributed by atoms with E-state index in [0.29, 0.717) is 27.5 Å². The number of fused-ring (bicyclic) bond motifs is 1. The lowest BCUT2D eigenvalue weighted by molar-refractivity contribution is 0.0529. The van der Waals surface area contributed by atoms with E-state index >= 15 is 0 Å². The van der Waals surface area contributed by atoms with Crippen LogP contribution < -0.4 is 0 Å². The van der Waals surface area contributed by atoms with Gasteiger partial charge in [-0.25, -0.2) is 14.8 Å². The Morgan fingerprint density at radius 3 is 2.75 bits per heavy atom. The van der Waals surface area contributed by atoms with Gasteiger partial charge in [0.1, 0.15) is 9.98 Å². The maximum Gasteiger partial charge on any atom is 0.339 e. The molecule has 0 bridgehead atoms. The molecule has 2 heterocycles. The molecule has 0 saturated heterocycles. The van der Waals surface area contributed by atoms with E-state index in [1.165, 1.54) is 34.2 Å². The van der Waals surface area contributed by atoms with Crippen LogP contribution in [0.5, 0.6) is 0 Å². The Balaban J connectivity index is 1.83. The summed E-state index contributed by atoms with van der Waals surface area (Å²) in [6.07, 6.45) is 0. The number of hydrogen-bond acceptors (Lipinski definition) is 6. The van der Waals surface area contributed by atoms with Gasteiger partial charge in [0.15, 0.2) is 5.16 Å². The highest BCUT2D eigenvalue weighted by Gasteiger charge is 2.19. The number of thioether (sulfide) groups is 1. The normalized spacial score (nSPS) is 11.0. The minimum atomic E-state index is -0.394. The van der Waals surface area contributed by atoms with Crippen LogP contribution in [-0.4, -0.2) is 22.5 Å². The molecule has 0 aliphatic heterocycles. The topological polar surface area (TPSA) is 52.1 Å². The fourth-order valence-electron chi connectivity index (χ4n) is 2.14. The number of esters is 1. The number of ether oxygens (including phenoxy) is 1. The quantitative estimate of drug-likeness (QED) is 0.267. The lowest BCUT2D eigenvalue weighted by Crippen LogP contribution is -2.04. The van der Waals surface area contributed by atoms with Gasteiger partial charge in [0.2, 0.25) is 0 Å². The van der Waals surface area contributed by atoms with Crippen molar-refractivity contribution in [2.24, 2.45) is 0 Å². The number of thiophene rings is 1. The van der Waals surface area contributed by atoms with Crippen LogP contribution in [0.3, 0.4) is 0 Å². The maximum atomic E-state index is 12.0. The van der Waals surface area contributed by atoms with E-state index in [4.69, 9.17) is 16.3 Å². The fraction of sp³-hybridized carbons (Fsp3) is 0.235. The lowest BCUT2D eigenvalue weighted by atomic mass is 10.2. The summed E-state index contributed by atoms with van der Waals surface area (Å²) in [4.78, 5) is 21.5. The zero-order chi connectivity index (χ0) is 17.1. The summed E-state index contributed by atoms with van der Waals surface area (Å²) in [7, 11) is 0. The molecule has 4 nitrogen and oxygen atoms in total. The molecular weight excluding hydrogens is 364 g/mol. The molecule has 0 fully saturated rings. The van der Waals surface area contributed by atoms with E-state index in [9.17, 15) is 4.79 Å². The first-order valence-corrected chi connectivity index (χ1v) is 9.63. The van der Waals surface area contributed by atoms with Crippen LogP contribution in [-0.2, 0) is 10.5 Å². The number of carbonyl (C=O) groups is 1. The molecule has 0 amide bonds. The van der Waals surface area contributed by atoms with E-state index in [1.54, 1.807) is 12.3 Å². The number of nitrogens with zero attached hydrogens (tertiary/aromatic N) is 2. The molecule has 1 aromatic carbocycles. The Hall–Kier alpha value is -1.63. The molecule has 7 heteroatoms. The molecule has 0 radical (unpaired) electrons. The van der Waals surface area contributed by atoms with Gasteiger partial charge >= 0.3 is 5.97 Å². The van der Waals surface area contributed by atoms with Crippen LogP contribution in [0.1, 0.15) is 28.4 Å². The van der Waals surface area contributed by atoms with Crippen LogP contribution in [0.25, 0.3) is 10.2 Å². The second kappa shape index (κ2) is 7.51. The zero-order valence-electron chi connectivity index (χ0n) is 13.2. The minimum Gasteiger partial charge on any atom is -0.462 e. The summed E-state index contributed by atoms with van der Waals surface area (Å²) in [5.41, 5.74) is 2.86. The van der Waals surface area contributed by atoms with Crippen LogP contribution in [0.2, 0.25) is 5.15 Å². The van der Waals surface area contributed by atoms with Gasteiger partial charge in [-0.3, -0.25) is 0 Å². The predicted molar refractivity (Wildman–Crippen MR) is 99.1 cm³/mol. The monoisotopic (exact) mass is 378 g/mol. The summed E-state index contributed by atoms with van der Waals surface area (Å²) < 4.78 is 5.04. The number of aromatic nitrogens is 2. The van der Waals surface area contributed by atoms with E-state index in [-0.39, 0.29) is 5.15 Å². The van der Waals surface area contributed by atoms with Crippen LogP contribution in [0, 0.1) is 6.92 Å². The van der Waals surface area contributed by atoms with Gasteiger partial charge in [-0.2, -0.15) is 0 Å². The third kappa shape index (κ3) is 3.71. The first-order chi connectivity index (χ1) is 11.6. The number of halogens is 1. The van der Waals surface area contributed by atoms with Crippen molar-refractivity contribution < 1.29 is 9.53 Å². The van der Waals surface area contributed by atoms with Gasteiger partial charge in [0.25, 0.3) is 0 Å². The molecule has 24 heavy (non-hydrogen) atoms. The van der Waals surface area contributed by atoms with Gasteiger partial charge < -0.3 is 4.74 Å². The molecule has 3 rings (SSSR count). The van der Waals surface area contributed by atoms with Crippen molar-refractivity contribution in [1.82, 2.24) is 9.97 Å². The van der Waals surface area contributed by atoms with Crippen molar-refractivity contribution in [3.8, 4) is 0 Å². The zero-order valence-corrected chi connectivity index (χ0v) is 15.6. The van der Waals surface area contributed by atoms with Crippen LogP contribution in [0.4, 0.5) is 0 Å². The summed E-state index contributed by atoms with van der Waals surface area (Å²) in [6.45, 7) is 4.15. The molecule has 0 spiro atoms. The van der Waals surface area contributed by atoms with E-state index in [1.807, 2.05) is 0 Å². The van der Waals surface area contributed by atoms with Crippen molar-refractivity contribution in [3.05, 3.63) is 51.5 Å². The standard InChI is InChI=1S/C17H15ClN2O2S2/c1-3-22-16(21)12-9-23-15-13(12)14(18)19-17(20-15)24-8-11-6-4-10(2)5-7-11/h4-7,9H,3,8H2,1-2H3. The summed E-state index contributed by atoms with van der Waals surface area (Å²) in [5, 5.41) is 3.18. The van der Waals surface area contributed by atoms with Crippen molar-refractivity contribution in [2.45, 2.75) is 24.8 Å². The van der Waals surface area contributed by atoms with Crippen LogP contribution in [0.15, 0.2) is 34.8 Å². The van der Waals surface area contributed by atoms with Crippen molar-refractivity contribution in [1.29, 1.82) is 0 Å². The third-order valence-electron chi connectivity index (χ3n) is 3.35. The number of rotatable bonds is 5. The predicted octanol–water partition coefficient (Wildman–Crippen LogP) is 5.12. The highest BCUT2D eigenvalue weighted by Crippen LogP contribution is 2.33. The second-order valence-electron chi connectivity index (χ2n) is 5.12. The number of hydrogen-bond donors (Lipinski definition) is 0. The second-order valence-corrected chi connectivity index (χ2v) is 7.28. The molecule has 0 N–H and O–H groups in total. The van der Waals surface area contributed by atoms with E-state index in [2.05, 4.69) is 41.2 Å². The molecule has 3 aromatic rings. The molecule has 0 saturated carbocycles. The van der Waals surface area contributed by atoms with Gasteiger partial charge in [0.05, 0.1) is 17.6 Å². The highest BCUT2D eigenvalue weighted by molar-refractivity contribution is 7.98. The van der Waals surface area contributed by atoms with Gasteiger partial charge in [-0.15, -0.1) is 11.3 Å². The Morgan fingerprint density at radius 2 is 2.04 bits per heavy atom. The largest absolute Gasteiger partial charge is 0.462 e. The van der Waals surface area contributed by atoms with Crippen molar-refractivity contribution in [3.63, 3.8) is 0 Å². The first kappa shape index (κ1) is 17.2. The Morgan fingerprint density at radius 1 is 1.29 bits per heavy atom. The van der Waals surface area contributed by atoms with E-state index < -0.39 is 5.97 Å². The summed E-state index contributed by atoms with van der Waals surface area (Å²) in [5.74, 6) is 0.368. The summed E-state index contributed by atoms with van der Waals surface area (Å²) in [6, 6.07) is 8.34. The number of aryl methyl sites for hydroxylation is 1. The minimum absolute atomic E-state index is 0.288. The van der Waals surface area contributed by atoms with Crippen LogP contribution >= 0.6 is 34.7 Å².